The van der Waals surface area contributed by atoms with Crippen LogP contribution in [0.1, 0.15) is 15.9 Å². The Balaban J connectivity index is 2.16. The van der Waals surface area contributed by atoms with E-state index >= 15 is 0 Å². The van der Waals surface area contributed by atoms with Crippen LogP contribution in [-0.2, 0) is 6.54 Å². The summed E-state index contributed by atoms with van der Waals surface area (Å²) in [7, 11) is 1.61. The van der Waals surface area contributed by atoms with Gasteiger partial charge in [0.15, 0.2) is 0 Å². The van der Waals surface area contributed by atoms with Crippen LogP contribution in [0.25, 0.3) is 0 Å². The van der Waals surface area contributed by atoms with Gasteiger partial charge in [0.25, 0.3) is 11.7 Å². The first kappa shape index (κ1) is 15.4. The molecule has 0 aliphatic carbocycles. The van der Waals surface area contributed by atoms with E-state index in [0.717, 1.165) is 5.56 Å². The van der Waals surface area contributed by atoms with Gasteiger partial charge in [0.2, 0.25) is 0 Å². The van der Waals surface area contributed by atoms with E-state index < -0.39 is 5.76 Å². The summed E-state index contributed by atoms with van der Waals surface area (Å²) in [4.78, 5) is 21.6. The van der Waals surface area contributed by atoms with E-state index in [0.29, 0.717) is 6.54 Å². The molecule has 2 heterocycles. The summed E-state index contributed by atoms with van der Waals surface area (Å²) in [5.41, 5.74) is 1.04. The predicted octanol–water partition coefficient (Wildman–Crippen LogP) is 3.06. The molecule has 0 saturated carbocycles. The molecule has 0 N–H and O–H groups in total. The van der Waals surface area contributed by atoms with Crippen LogP contribution in [0.5, 0.6) is 0 Å². The van der Waals surface area contributed by atoms with Gasteiger partial charge in [-0.1, -0.05) is 6.07 Å². The highest BCUT2D eigenvalue weighted by Gasteiger charge is 2.19. The third-order valence-corrected chi connectivity index (χ3v) is 3.42. The average molecular weight is 309 g/mol. The first-order valence-corrected chi connectivity index (χ1v) is 7.00. The standard InChI is InChI=1S/C14H13F2N3OS/c1-19(9-10-4-2-6-17-8-10)13(20)11-5-3-7-18-12(11)21-14(15)16/h2-8,14H,9H2,1H3. The lowest BCUT2D eigenvalue weighted by Gasteiger charge is -2.18. The highest BCUT2D eigenvalue weighted by molar-refractivity contribution is 7.99. The van der Waals surface area contributed by atoms with E-state index in [9.17, 15) is 13.6 Å². The predicted molar refractivity (Wildman–Crippen MR) is 76.1 cm³/mol. The number of alkyl halides is 2. The van der Waals surface area contributed by atoms with Gasteiger partial charge in [-0.25, -0.2) is 4.98 Å². The Labute approximate surface area is 125 Å². The molecule has 0 aliphatic heterocycles. The smallest absolute Gasteiger partial charge is 0.290 e. The van der Waals surface area contributed by atoms with E-state index in [-0.39, 0.29) is 28.3 Å². The maximum Gasteiger partial charge on any atom is 0.290 e. The summed E-state index contributed by atoms with van der Waals surface area (Å²) < 4.78 is 25.0. The molecule has 7 heteroatoms. The minimum absolute atomic E-state index is 0.0375. The van der Waals surface area contributed by atoms with Crippen molar-refractivity contribution in [3.05, 3.63) is 54.0 Å². The molecule has 4 nitrogen and oxygen atoms in total. The average Bonchev–Trinajstić information content (AvgIpc) is 2.47. The molecule has 0 fully saturated rings. The highest BCUT2D eigenvalue weighted by atomic mass is 32.2. The molecule has 0 atom stereocenters. The Morgan fingerprint density at radius 1 is 1.33 bits per heavy atom. The molecule has 110 valence electrons. The summed E-state index contributed by atoms with van der Waals surface area (Å²) >= 11 is 0.273. The molecule has 2 aromatic heterocycles. The Kier molecular flexibility index (Phi) is 5.21. The summed E-state index contributed by atoms with van der Waals surface area (Å²) in [5, 5.41) is 0.0375. The van der Waals surface area contributed by atoms with Gasteiger partial charge in [0, 0.05) is 32.2 Å². The summed E-state index contributed by atoms with van der Waals surface area (Å²) in [6, 6.07) is 6.67. The van der Waals surface area contributed by atoms with Crippen molar-refractivity contribution in [2.75, 3.05) is 7.05 Å². The van der Waals surface area contributed by atoms with Gasteiger partial charge >= 0.3 is 0 Å². The van der Waals surface area contributed by atoms with Gasteiger partial charge in [-0.05, 0) is 35.5 Å². The lowest BCUT2D eigenvalue weighted by Crippen LogP contribution is -2.27. The zero-order chi connectivity index (χ0) is 15.2. The summed E-state index contributed by atoms with van der Waals surface area (Å²) in [6.45, 7) is 0.348. The van der Waals surface area contributed by atoms with Crippen molar-refractivity contribution in [1.29, 1.82) is 0 Å². The largest absolute Gasteiger partial charge is 0.337 e. The number of rotatable bonds is 5. The van der Waals surface area contributed by atoms with E-state index in [1.165, 1.54) is 17.2 Å². The van der Waals surface area contributed by atoms with Crippen molar-refractivity contribution in [1.82, 2.24) is 14.9 Å². The number of carbonyl (C=O) groups excluding carboxylic acids is 1. The minimum Gasteiger partial charge on any atom is -0.337 e. The highest BCUT2D eigenvalue weighted by Crippen LogP contribution is 2.27. The topological polar surface area (TPSA) is 46.1 Å². The fourth-order valence-electron chi connectivity index (χ4n) is 1.77. The van der Waals surface area contributed by atoms with Gasteiger partial charge in [0.05, 0.1) is 5.56 Å². The molecule has 0 unspecified atom stereocenters. The van der Waals surface area contributed by atoms with Crippen LogP contribution in [0, 0.1) is 0 Å². The van der Waals surface area contributed by atoms with Gasteiger partial charge in [-0.15, -0.1) is 0 Å². The first-order chi connectivity index (χ1) is 10.1. The molecule has 21 heavy (non-hydrogen) atoms. The van der Waals surface area contributed by atoms with Crippen molar-refractivity contribution in [3.63, 3.8) is 0 Å². The SMILES string of the molecule is CN(Cc1cccnc1)C(=O)c1cccnc1SC(F)F. The molecule has 0 saturated heterocycles. The Bertz CT molecular complexity index is 610. The van der Waals surface area contributed by atoms with Gasteiger partial charge in [0.1, 0.15) is 5.03 Å². The molecule has 0 radical (unpaired) electrons. The Morgan fingerprint density at radius 2 is 2.10 bits per heavy atom. The second kappa shape index (κ2) is 7.12. The van der Waals surface area contributed by atoms with E-state index in [2.05, 4.69) is 9.97 Å². The fourth-order valence-corrected chi connectivity index (χ4v) is 2.35. The molecule has 0 spiro atoms. The maximum atomic E-state index is 12.5. The number of carbonyl (C=O) groups is 1. The quantitative estimate of drug-likeness (QED) is 0.796. The zero-order valence-corrected chi connectivity index (χ0v) is 12.1. The fraction of sp³-hybridized carbons (Fsp3) is 0.214. The van der Waals surface area contributed by atoms with Crippen molar-refractivity contribution in [3.8, 4) is 0 Å². The molecular formula is C14H13F2N3OS. The normalized spacial score (nSPS) is 10.7. The van der Waals surface area contributed by atoms with Crippen LogP contribution < -0.4 is 0 Å². The van der Waals surface area contributed by atoms with Crippen LogP contribution in [0.4, 0.5) is 8.78 Å². The van der Waals surface area contributed by atoms with Crippen LogP contribution in [0.2, 0.25) is 0 Å². The zero-order valence-electron chi connectivity index (χ0n) is 11.2. The molecule has 2 rings (SSSR count). The first-order valence-electron chi connectivity index (χ1n) is 6.12. The minimum atomic E-state index is -2.62. The van der Waals surface area contributed by atoms with Crippen LogP contribution in [0.15, 0.2) is 47.9 Å². The number of amides is 1. The lowest BCUT2D eigenvalue weighted by atomic mass is 10.2. The van der Waals surface area contributed by atoms with Crippen molar-refractivity contribution in [2.24, 2.45) is 0 Å². The van der Waals surface area contributed by atoms with Crippen molar-refractivity contribution in [2.45, 2.75) is 17.3 Å². The van der Waals surface area contributed by atoms with Crippen LogP contribution in [0.3, 0.4) is 0 Å². The molecule has 0 aromatic carbocycles. The number of halogens is 2. The van der Waals surface area contributed by atoms with E-state index in [4.69, 9.17) is 0 Å². The maximum absolute atomic E-state index is 12.5. The second-order valence-corrected chi connectivity index (χ2v) is 5.24. The molecule has 0 bridgehead atoms. The van der Waals surface area contributed by atoms with Crippen LogP contribution in [-0.4, -0.2) is 33.6 Å². The third-order valence-electron chi connectivity index (χ3n) is 2.69. The number of hydrogen-bond donors (Lipinski definition) is 0. The second-order valence-electron chi connectivity index (χ2n) is 4.26. The van der Waals surface area contributed by atoms with E-state index in [1.54, 1.807) is 31.6 Å². The molecular weight excluding hydrogens is 296 g/mol. The van der Waals surface area contributed by atoms with Crippen molar-refractivity contribution >= 4 is 17.7 Å². The molecule has 2 aromatic rings. The number of hydrogen-bond acceptors (Lipinski definition) is 4. The number of aromatic nitrogens is 2. The van der Waals surface area contributed by atoms with E-state index in [1.807, 2.05) is 6.07 Å². The number of pyridine rings is 2. The Hall–Kier alpha value is -2.02. The Morgan fingerprint density at radius 3 is 2.76 bits per heavy atom. The monoisotopic (exact) mass is 309 g/mol. The third kappa shape index (κ3) is 4.22. The molecule has 1 amide bonds. The summed E-state index contributed by atoms with van der Waals surface area (Å²) in [5.74, 6) is -2.97. The van der Waals surface area contributed by atoms with Crippen molar-refractivity contribution < 1.29 is 13.6 Å². The van der Waals surface area contributed by atoms with Gasteiger partial charge < -0.3 is 4.90 Å². The summed E-state index contributed by atoms with van der Waals surface area (Å²) in [6.07, 6.45) is 4.69. The molecule has 0 aliphatic rings. The number of nitrogens with zero attached hydrogens (tertiary/aromatic N) is 3. The van der Waals surface area contributed by atoms with Gasteiger partial charge in [-0.3, -0.25) is 9.78 Å². The number of thioether (sulfide) groups is 1. The lowest BCUT2D eigenvalue weighted by molar-refractivity contribution is 0.0780. The van der Waals surface area contributed by atoms with Crippen LogP contribution >= 0.6 is 11.8 Å². The van der Waals surface area contributed by atoms with Gasteiger partial charge in [-0.2, -0.15) is 8.78 Å².